The first-order chi connectivity index (χ1) is 13.6. The molecule has 0 bridgehead atoms. The molecule has 3 rings (SSSR count). The Morgan fingerprint density at radius 3 is 2.28 bits per heavy atom. The van der Waals surface area contributed by atoms with E-state index >= 15 is 0 Å². The van der Waals surface area contributed by atoms with Gasteiger partial charge in [-0.25, -0.2) is 0 Å². The van der Waals surface area contributed by atoms with Gasteiger partial charge in [0.25, 0.3) is 10.1 Å². The van der Waals surface area contributed by atoms with Gasteiger partial charge in [-0.1, -0.05) is 30.3 Å². The molecular formula is C20H19F3O5S. The summed E-state index contributed by atoms with van der Waals surface area (Å²) >= 11 is 0. The zero-order valence-electron chi connectivity index (χ0n) is 15.3. The number of carbonyl (C=O) groups excluding carboxylic acids is 1. The summed E-state index contributed by atoms with van der Waals surface area (Å²) in [6, 6.07) is 12.3. The Hall–Kier alpha value is -2.39. The molecule has 1 fully saturated rings. The van der Waals surface area contributed by atoms with Gasteiger partial charge in [-0.3, -0.25) is 8.98 Å². The zero-order chi connectivity index (χ0) is 21.1. The summed E-state index contributed by atoms with van der Waals surface area (Å²) in [5, 5.41) is 0. The van der Waals surface area contributed by atoms with Crippen LogP contribution in [-0.4, -0.2) is 20.5 Å². The number of rotatable bonds is 6. The largest absolute Gasteiger partial charge is 0.461 e. The topological polar surface area (TPSA) is 69.7 Å². The molecule has 5 nitrogen and oxygen atoms in total. The van der Waals surface area contributed by atoms with E-state index in [4.69, 9.17) is 8.92 Å². The predicted octanol–water partition coefficient (Wildman–Crippen LogP) is 4.32. The number of hydrogen-bond acceptors (Lipinski definition) is 5. The van der Waals surface area contributed by atoms with Crippen molar-refractivity contribution in [1.29, 1.82) is 0 Å². The van der Waals surface area contributed by atoms with Crippen molar-refractivity contribution in [2.75, 3.05) is 0 Å². The van der Waals surface area contributed by atoms with Gasteiger partial charge < -0.3 is 4.74 Å². The molecule has 2 aromatic rings. The summed E-state index contributed by atoms with van der Waals surface area (Å²) < 4.78 is 72.9. The zero-order valence-corrected chi connectivity index (χ0v) is 16.1. The van der Waals surface area contributed by atoms with Gasteiger partial charge in [0.1, 0.15) is 6.61 Å². The first kappa shape index (κ1) is 21.3. The van der Waals surface area contributed by atoms with Crippen LogP contribution in [0.3, 0.4) is 0 Å². The third-order valence-electron chi connectivity index (χ3n) is 4.67. The standard InChI is InChI=1S/C20H19F3O5S/c21-20(22,23)16-7-10-18(11-8-16)29(25,26)28-17-9-6-15(12-17)19(24)27-13-14-4-2-1-3-5-14/h1-5,7-8,10-11,15,17H,6,9,12-13H2/t15-,17?/m0/s1. The van der Waals surface area contributed by atoms with Crippen LogP contribution >= 0.6 is 0 Å². The van der Waals surface area contributed by atoms with Crippen molar-refractivity contribution >= 4 is 16.1 Å². The van der Waals surface area contributed by atoms with Crippen molar-refractivity contribution in [3.05, 3.63) is 65.7 Å². The highest BCUT2D eigenvalue weighted by Crippen LogP contribution is 2.33. The monoisotopic (exact) mass is 428 g/mol. The van der Waals surface area contributed by atoms with E-state index in [0.717, 1.165) is 17.7 Å². The summed E-state index contributed by atoms with van der Waals surface area (Å²) in [7, 11) is -4.23. The van der Waals surface area contributed by atoms with Crippen molar-refractivity contribution in [3.8, 4) is 0 Å². The molecule has 0 saturated heterocycles. The average Bonchev–Trinajstić information content (AvgIpc) is 3.14. The van der Waals surface area contributed by atoms with Crippen LogP contribution in [0.5, 0.6) is 0 Å². The fraction of sp³-hybridized carbons (Fsp3) is 0.350. The molecule has 0 aliphatic heterocycles. The van der Waals surface area contributed by atoms with Crippen LogP contribution in [0, 0.1) is 5.92 Å². The van der Waals surface area contributed by atoms with E-state index in [-0.39, 0.29) is 17.9 Å². The summed E-state index contributed by atoms with van der Waals surface area (Å²) in [6.45, 7) is 0.131. The lowest BCUT2D eigenvalue weighted by atomic mass is 10.1. The van der Waals surface area contributed by atoms with E-state index in [9.17, 15) is 26.4 Å². The van der Waals surface area contributed by atoms with Gasteiger partial charge >= 0.3 is 12.1 Å². The van der Waals surface area contributed by atoms with E-state index in [1.807, 2.05) is 30.3 Å². The minimum Gasteiger partial charge on any atom is -0.461 e. The highest BCUT2D eigenvalue weighted by Gasteiger charge is 2.35. The molecule has 0 heterocycles. The van der Waals surface area contributed by atoms with Crippen LogP contribution in [0.2, 0.25) is 0 Å². The quantitative estimate of drug-likeness (QED) is 0.506. The van der Waals surface area contributed by atoms with Gasteiger partial charge in [0.2, 0.25) is 0 Å². The average molecular weight is 428 g/mol. The molecule has 0 aromatic heterocycles. The number of benzene rings is 2. The molecule has 9 heteroatoms. The van der Waals surface area contributed by atoms with Crippen LogP contribution in [0.1, 0.15) is 30.4 Å². The fourth-order valence-electron chi connectivity index (χ4n) is 3.13. The molecule has 0 spiro atoms. The molecular weight excluding hydrogens is 409 g/mol. The van der Waals surface area contributed by atoms with E-state index in [1.165, 1.54) is 0 Å². The van der Waals surface area contributed by atoms with Gasteiger partial charge in [0.05, 0.1) is 22.5 Å². The normalized spacial score (nSPS) is 19.8. The van der Waals surface area contributed by atoms with Crippen LogP contribution < -0.4 is 0 Å². The maximum Gasteiger partial charge on any atom is 0.416 e. The lowest BCUT2D eigenvalue weighted by Gasteiger charge is -2.13. The van der Waals surface area contributed by atoms with Crippen molar-refractivity contribution in [3.63, 3.8) is 0 Å². The molecule has 0 N–H and O–H groups in total. The molecule has 156 valence electrons. The highest BCUT2D eigenvalue weighted by molar-refractivity contribution is 7.86. The van der Waals surface area contributed by atoms with Crippen LogP contribution in [-0.2, 0) is 36.6 Å². The Morgan fingerprint density at radius 2 is 1.66 bits per heavy atom. The highest BCUT2D eigenvalue weighted by atomic mass is 32.2. The number of esters is 1. The van der Waals surface area contributed by atoms with Gasteiger partial charge in [-0.15, -0.1) is 0 Å². The second kappa shape index (κ2) is 8.54. The van der Waals surface area contributed by atoms with Gasteiger partial charge in [-0.05, 0) is 49.1 Å². The third kappa shape index (κ3) is 5.57. The molecule has 0 radical (unpaired) electrons. The van der Waals surface area contributed by atoms with Crippen molar-refractivity contribution in [2.24, 2.45) is 5.92 Å². The van der Waals surface area contributed by atoms with Crippen LogP contribution in [0.25, 0.3) is 0 Å². The molecule has 29 heavy (non-hydrogen) atoms. The lowest BCUT2D eigenvalue weighted by molar-refractivity contribution is -0.149. The number of halogens is 3. The Labute approximate surface area is 166 Å². The van der Waals surface area contributed by atoms with Crippen molar-refractivity contribution < 1.29 is 35.3 Å². The SMILES string of the molecule is O=C(OCc1ccccc1)[C@H]1CCC(OS(=O)(=O)c2ccc(C(F)(F)F)cc2)C1. The number of carbonyl (C=O) groups is 1. The van der Waals surface area contributed by atoms with E-state index in [1.54, 1.807) is 0 Å². The first-order valence-electron chi connectivity index (χ1n) is 8.96. The molecule has 1 saturated carbocycles. The number of hydrogen-bond donors (Lipinski definition) is 0. The Kier molecular flexibility index (Phi) is 6.28. The Balaban J connectivity index is 1.55. The maximum atomic E-state index is 12.6. The second-order valence-corrected chi connectivity index (χ2v) is 8.37. The van der Waals surface area contributed by atoms with Crippen LogP contribution in [0.4, 0.5) is 13.2 Å². The smallest absolute Gasteiger partial charge is 0.416 e. The Bertz CT molecular complexity index is 940. The molecule has 1 aliphatic carbocycles. The molecule has 0 amide bonds. The number of ether oxygens (including phenoxy) is 1. The van der Waals surface area contributed by atoms with Crippen LogP contribution in [0.15, 0.2) is 59.5 Å². The summed E-state index contributed by atoms with van der Waals surface area (Å²) in [5.41, 5.74) is -0.102. The molecule has 2 aromatic carbocycles. The summed E-state index contributed by atoms with van der Waals surface area (Å²) in [6.07, 6.45) is -4.35. The second-order valence-electron chi connectivity index (χ2n) is 6.80. The lowest BCUT2D eigenvalue weighted by Crippen LogP contribution is -2.19. The summed E-state index contributed by atoms with van der Waals surface area (Å²) in [5.74, 6) is -0.904. The fourth-order valence-corrected chi connectivity index (χ4v) is 4.25. The first-order valence-corrected chi connectivity index (χ1v) is 10.4. The molecule has 2 atom stereocenters. The van der Waals surface area contributed by atoms with Gasteiger partial charge in [0.15, 0.2) is 0 Å². The molecule has 1 unspecified atom stereocenters. The summed E-state index contributed by atoms with van der Waals surface area (Å²) in [4.78, 5) is 11.8. The predicted molar refractivity (Wildman–Crippen MR) is 97.1 cm³/mol. The van der Waals surface area contributed by atoms with Gasteiger partial charge in [0, 0.05) is 0 Å². The maximum absolute atomic E-state index is 12.6. The molecule has 1 aliphatic rings. The Morgan fingerprint density at radius 1 is 1.00 bits per heavy atom. The minimum absolute atomic E-state index is 0.131. The van der Waals surface area contributed by atoms with E-state index < -0.39 is 39.8 Å². The van der Waals surface area contributed by atoms with Crippen molar-refractivity contribution in [1.82, 2.24) is 0 Å². The number of alkyl halides is 3. The van der Waals surface area contributed by atoms with E-state index in [2.05, 4.69) is 0 Å². The van der Waals surface area contributed by atoms with E-state index in [0.29, 0.717) is 25.0 Å². The minimum atomic E-state index is -4.55. The third-order valence-corrected chi connectivity index (χ3v) is 6.05. The van der Waals surface area contributed by atoms with Crippen molar-refractivity contribution in [2.45, 2.75) is 43.0 Å². The van der Waals surface area contributed by atoms with Gasteiger partial charge in [-0.2, -0.15) is 21.6 Å².